The lowest BCUT2D eigenvalue weighted by molar-refractivity contribution is -0.121. The third kappa shape index (κ3) is 5.83. The predicted octanol–water partition coefficient (Wildman–Crippen LogP) is 11.0. The molecule has 0 aromatic heterocycles. The summed E-state index contributed by atoms with van der Waals surface area (Å²) >= 11 is 2.44. The Morgan fingerprint density at radius 3 is 1.55 bits per heavy atom. The summed E-state index contributed by atoms with van der Waals surface area (Å²) in [6, 6.07) is 2.01. The van der Waals surface area contributed by atoms with Gasteiger partial charge in [-0.15, -0.1) is 0 Å². The quantitative estimate of drug-likeness (QED) is 0.286. The molecule has 8 saturated carbocycles. The third-order valence-corrected chi connectivity index (χ3v) is 21.7. The molecule has 12 fully saturated rings. The molecule has 12 rings (SSSR count). The lowest BCUT2D eigenvalue weighted by atomic mass is 9.62. The normalized spacial score (nSPS) is 57.3. The van der Waals surface area contributed by atoms with Crippen molar-refractivity contribution in [2.24, 2.45) is 59.2 Å². The number of rotatable bonds is 4. The first-order chi connectivity index (χ1) is 26.3. The first-order valence-corrected chi connectivity index (χ1v) is 25.6. The Labute approximate surface area is 327 Å². The van der Waals surface area contributed by atoms with Crippen molar-refractivity contribution in [2.75, 3.05) is 0 Å². The minimum atomic E-state index is 0.495. The van der Waals surface area contributed by atoms with Crippen LogP contribution in [0.5, 0.6) is 0 Å². The lowest BCUT2D eigenvalue weighted by Crippen LogP contribution is -2.61. The Hall–Kier alpha value is 0.190. The van der Waals surface area contributed by atoms with Gasteiger partial charge in [0.25, 0.3) is 0 Å². The van der Waals surface area contributed by atoms with Gasteiger partial charge in [0.15, 0.2) is 0 Å². The Morgan fingerprint density at radius 1 is 0.340 bits per heavy atom. The van der Waals surface area contributed by atoms with E-state index >= 15 is 0 Å². The molecule has 0 bridgehead atoms. The van der Waals surface area contributed by atoms with Gasteiger partial charge in [-0.3, -0.25) is 4.90 Å². The molecular weight excluding hydrogens is 671 g/mol. The average Bonchev–Trinajstić information content (AvgIpc) is 3.98. The molecule has 0 spiro atoms. The summed E-state index contributed by atoms with van der Waals surface area (Å²) < 4.78 is 22.2. The maximum atomic E-state index is 7.59. The van der Waals surface area contributed by atoms with Crippen molar-refractivity contribution in [1.82, 2.24) is 4.90 Å². The van der Waals surface area contributed by atoms with Crippen molar-refractivity contribution in [1.29, 1.82) is 0 Å². The van der Waals surface area contributed by atoms with Crippen molar-refractivity contribution < 1.29 is 14.2 Å². The van der Waals surface area contributed by atoms with E-state index in [0.717, 1.165) is 75.7 Å². The van der Waals surface area contributed by atoms with Gasteiger partial charge in [0.2, 0.25) is 0 Å². The van der Waals surface area contributed by atoms with Crippen molar-refractivity contribution in [3.05, 3.63) is 0 Å². The van der Waals surface area contributed by atoms with E-state index < -0.39 is 0 Å². The summed E-state index contributed by atoms with van der Waals surface area (Å²) in [5, 5.41) is 1.89. The zero-order valence-electron chi connectivity index (χ0n) is 33.3. The Morgan fingerprint density at radius 2 is 0.868 bits per heavy atom. The molecule has 0 N–H and O–H groups in total. The van der Waals surface area contributed by atoms with Gasteiger partial charge in [-0.25, -0.2) is 0 Å². The minimum Gasteiger partial charge on any atom is -0.374 e. The van der Waals surface area contributed by atoms with Crippen LogP contribution < -0.4 is 0 Å². The third-order valence-electron chi connectivity index (χ3n) is 19.9. The van der Waals surface area contributed by atoms with Crippen LogP contribution in [0, 0.1) is 59.2 Å². The van der Waals surface area contributed by atoms with Crippen LogP contribution in [0.4, 0.5) is 0 Å². The van der Waals surface area contributed by atoms with Gasteiger partial charge in [0, 0.05) is 34.5 Å². The zero-order valence-corrected chi connectivity index (χ0v) is 34.1. The van der Waals surface area contributed by atoms with Crippen molar-refractivity contribution in [3.63, 3.8) is 0 Å². The number of hydrogen-bond donors (Lipinski definition) is 0. The molecule has 0 aromatic rings. The van der Waals surface area contributed by atoms with Gasteiger partial charge in [0.1, 0.15) is 0 Å². The van der Waals surface area contributed by atoms with E-state index in [9.17, 15) is 0 Å². The zero-order chi connectivity index (χ0) is 34.6. The first-order valence-electron chi connectivity index (χ1n) is 24.7. The highest BCUT2D eigenvalue weighted by atomic mass is 32.2. The second-order valence-corrected chi connectivity index (χ2v) is 23.3. The monoisotopic (exact) mass is 746 g/mol. The SMILES string of the molecule is C1CCC2C(C1)OC1C2CCCC1N(C1CCC(C2CCCC3C4CCC5SC6CCCCC6C5C4OC23)CC1)C1CCCC2C3CCCCC3OC21. The van der Waals surface area contributed by atoms with Crippen LogP contribution in [0.2, 0.25) is 0 Å². The minimum absolute atomic E-state index is 0.495. The topological polar surface area (TPSA) is 30.9 Å². The molecule has 4 aliphatic heterocycles. The Kier molecular flexibility index (Phi) is 9.61. The summed E-state index contributed by atoms with van der Waals surface area (Å²) in [5.41, 5.74) is 0. The summed E-state index contributed by atoms with van der Waals surface area (Å²) in [6.07, 6.45) is 42.3. The van der Waals surface area contributed by atoms with Crippen LogP contribution in [-0.2, 0) is 14.2 Å². The molecular formula is C48H75NO3S. The van der Waals surface area contributed by atoms with Gasteiger partial charge < -0.3 is 14.2 Å². The van der Waals surface area contributed by atoms with Gasteiger partial charge >= 0.3 is 0 Å². The van der Waals surface area contributed by atoms with E-state index in [1.165, 1.54) is 173 Å². The van der Waals surface area contributed by atoms with Crippen LogP contribution in [0.3, 0.4) is 0 Å². The fraction of sp³-hybridized carbons (Fsp3) is 1.00. The van der Waals surface area contributed by atoms with Crippen LogP contribution in [0.1, 0.15) is 173 Å². The molecule has 296 valence electrons. The van der Waals surface area contributed by atoms with E-state index in [1.54, 1.807) is 0 Å². The largest absolute Gasteiger partial charge is 0.374 e. The molecule has 0 aromatic carbocycles. The molecule has 0 amide bonds. The molecule has 19 unspecified atom stereocenters. The fourth-order valence-corrected chi connectivity index (χ4v) is 20.0. The van der Waals surface area contributed by atoms with Crippen molar-refractivity contribution in [3.8, 4) is 0 Å². The molecule has 4 heterocycles. The van der Waals surface area contributed by atoms with E-state index in [4.69, 9.17) is 14.2 Å². The lowest BCUT2D eigenvalue weighted by Gasteiger charge is -2.53. The van der Waals surface area contributed by atoms with E-state index in [2.05, 4.69) is 16.7 Å². The maximum absolute atomic E-state index is 7.59. The highest BCUT2D eigenvalue weighted by Crippen LogP contribution is 2.62. The summed E-state index contributed by atoms with van der Waals surface area (Å²) in [5.74, 6) is 8.74. The van der Waals surface area contributed by atoms with Crippen LogP contribution in [-0.4, -0.2) is 70.1 Å². The highest BCUT2D eigenvalue weighted by Gasteiger charge is 2.61. The molecule has 8 aliphatic carbocycles. The van der Waals surface area contributed by atoms with E-state index in [0.29, 0.717) is 48.7 Å². The highest BCUT2D eigenvalue weighted by molar-refractivity contribution is 8.00. The first kappa shape index (κ1) is 35.2. The Balaban J connectivity index is 0.792. The molecule has 4 saturated heterocycles. The summed E-state index contributed by atoms with van der Waals surface area (Å²) in [7, 11) is 0. The molecule has 5 heteroatoms. The molecule has 0 radical (unpaired) electrons. The van der Waals surface area contributed by atoms with Crippen molar-refractivity contribution >= 4 is 11.8 Å². The Bertz CT molecular complexity index is 1260. The molecule has 4 nitrogen and oxygen atoms in total. The van der Waals surface area contributed by atoms with E-state index in [1.807, 2.05) is 0 Å². The maximum Gasteiger partial charge on any atom is 0.0766 e. The number of nitrogens with zero attached hydrogens (tertiary/aromatic N) is 1. The second kappa shape index (κ2) is 14.5. The fourth-order valence-electron chi connectivity index (χ4n) is 18.0. The van der Waals surface area contributed by atoms with Crippen molar-refractivity contribution in [2.45, 2.75) is 239 Å². The molecule has 19 atom stereocenters. The summed E-state index contributed by atoms with van der Waals surface area (Å²) in [6.45, 7) is 0. The van der Waals surface area contributed by atoms with Gasteiger partial charge in [0.05, 0.1) is 36.6 Å². The number of ether oxygens (including phenoxy) is 3. The summed E-state index contributed by atoms with van der Waals surface area (Å²) in [4.78, 5) is 3.27. The molecule has 12 aliphatic rings. The number of hydrogen-bond acceptors (Lipinski definition) is 5. The molecule has 53 heavy (non-hydrogen) atoms. The van der Waals surface area contributed by atoms with Crippen LogP contribution in [0.15, 0.2) is 0 Å². The van der Waals surface area contributed by atoms with Gasteiger partial charge in [-0.05, 0) is 169 Å². The average molecular weight is 746 g/mol. The van der Waals surface area contributed by atoms with Crippen LogP contribution in [0.25, 0.3) is 0 Å². The number of thioether (sulfide) groups is 1. The smallest absolute Gasteiger partial charge is 0.0766 e. The second-order valence-electron chi connectivity index (χ2n) is 21.8. The van der Waals surface area contributed by atoms with E-state index in [-0.39, 0.29) is 0 Å². The van der Waals surface area contributed by atoms with Crippen LogP contribution >= 0.6 is 11.8 Å². The standard InChI is InChI=1S/C48H75NO3S/c1-4-19-40-31(10-1)33-15-8-17-38(46(33)50-40)49(39-18-9-16-34-32-11-2-5-20-41(32)51-47(34)39)29-24-22-28(23-25-29)30-13-7-14-35-36-26-27-43-44(48(36)52-45(30)35)37-12-3-6-21-42(37)53-43/h28-48H,1-27H2. The van der Waals surface area contributed by atoms with Gasteiger partial charge in [-0.1, -0.05) is 57.8 Å². The number of fused-ring (bicyclic) bond motifs is 13. The predicted molar refractivity (Wildman–Crippen MR) is 214 cm³/mol. The van der Waals surface area contributed by atoms with Gasteiger partial charge in [-0.2, -0.15) is 11.8 Å².